The number of carboxylic acid groups (broad SMARTS) is 1. The summed E-state index contributed by atoms with van der Waals surface area (Å²) in [5.41, 5.74) is 1.44. The first-order valence-electron chi connectivity index (χ1n) is 3.92. The molecule has 0 aliphatic carbocycles. The van der Waals surface area contributed by atoms with Crippen molar-refractivity contribution in [2.24, 2.45) is 0 Å². The monoisotopic (exact) mass is 175 g/mol. The number of carbonyl (C=O) groups excluding carboxylic acids is 1. The van der Waals surface area contributed by atoms with Crippen LogP contribution in [0.3, 0.4) is 0 Å². The first-order valence-corrected chi connectivity index (χ1v) is 3.92. The van der Waals surface area contributed by atoms with Crippen molar-refractivity contribution in [3.63, 3.8) is 0 Å². The highest BCUT2D eigenvalue weighted by Gasteiger charge is 2.02. The average molecular weight is 175 g/mol. The molecule has 0 saturated carbocycles. The molecule has 0 radical (unpaired) electrons. The highest BCUT2D eigenvalue weighted by Crippen LogP contribution is 2.19. The minimum Gasteiger partial charge on any atom is -0.550 e. The summed E-state index contributed by atoms with van der Waals surface area (Å²) < 4.78 is 5.13. The first kappa shape index (κ1) is 7.86. The minimum atomic E-state index is -1.08. The van der Waals surface area contributed by atoms with E-state index in [0.717, 1.165) is 10.9 Å². The fourth-order valence-electron chi connectivity index (χ4n) is 1.37. The summed E-state index contributed by atoms with van der Waals surface area (Å²) in [5, 5.41) is 11.2. The van der Waals surface area contributed by atoms with E-state index >= 15 is 0 Å². The molecule has 0 N–H and O–H groups in total. The average Bonchev–Trinajstić information content (AvgIpc) is 2.51. The molecule has 0 bridgehead atoms. The molecule has 2 aromatic rings. The number of benzene rings is 1. The Kier molecular flexibility index (Phi) is 1.77. The van der Waals surface area contributed by atoms with Gasteiger partial charge in [0.25, 0.3) is 0 Å². The lowest BCUT2D eigenvalue weighted by Gasteiger charge is -2.02. The van der Waals surface area contributed by atoms with Crippen molar-refractivity contribution in [3.8, 4) is 0 Å². The van der Waals surface area contributed by atoms with Crippen LogP contribution in [0.1, 0.15) is 5.56 Å². The maximum Gasteiger partial charge on any atom is 0.134 e. The number of rotatable bonds is 2. The van der Waals surface area contributed by atoms with E-state index in [1.54, 1.807) is 30.5 Å². The van der Waals surface area contributed by atoms with Crippen LogP contribution in [0.4, 0.5) is 0 Å². The molecule has 0 atom stereocenters. The standard InChI is InChI=1S/C10H8O3/c11-10(12)6-7-2-1-3-9-8(7)4-5-13-9/h1-5H,6H2,(H,11,12)/p-1. The van der Waals surface area contributed by atoms with Gasteiger partial charge in [-0.3, -0.25) is 0 Å². The summed E-state index contributed by atoms with van der Waals surface area (Å²) in [6.07, 6.45) is 1.47. The summed E-state index contributed by atoms with van der Waals surface area (Å²) in [5.74, 6) is -1.08. The van der Waals surface area contributed by atoms with Gasteiger partial charge in [-0.15, -0.1) is 0 Å². The largest absolute Gasteiger partial charge is 0.550 e. The van der Waals surface area contributed by atoms with Crippen molar-refractivity contribution in [2.45, 2.75) is 6.42 Å². The molecule has 1 aromatic carbocycles. The fraction of sp³-hybridized carbons (Fsp3) is 0.100. The molecule has 0 unspecified atom stereocenters. The van der Waals surface area contributed by atoms with Gasteiger partial charge in [0.1, 0.15) is 5.58 Å². The number of hydrogen-bond acceptors (Lipinski definition) is 3. The van der Waals surface area contributed by atoms with E-state index in [1.165, 1.54) is 0 Å². The van der Waals surface area contributed by atoms with Gasteiger partial charge in [0.2, 0.25) is 0 Å². The maximum absolute atomic E-state index is 10.4. The Morgan fingerprint density at radius 2 is 2.23 bits per heavy atom. The molecule has 0 saturated heterocycles. The summed E-state index contributed by atoms with van der Waals surface area (Å²) in [4.78, 5) is 10.4. The van der Waals surface area contributed by atoms with Gasteiger partial charge in [-0.1, -0.05) is 12.1 Å². The Bertz CT molecular complexity index is 442. The van der Waals surface area contributed by atoms with Gasteiger partial charge in [-0.05, 0) is 17.7 Å². The lowest BCUT2D eigenvalue weighted by molar-refractivity contribution is -0.304. The Morgan fingerprint density at radius 3 is 3.00 bits per heavy atom. The van der Waals surface area contributed by atoms with E-state index in [-0.39, 0.29) is 6.42 Å². The zero-order valence-electron chi connectivity index (χ0n) is 6.82. The van der Waals surface area contributed by atoms with Crippen LogP contribution in [0.5, 0.6) is 0 Å². The van der Waals surface area contributed by atoms with E-state index in [4.69, 9.17) is 4.42 Å². The molecule has 1 aromatic heterocycles. The first-order chi connectivity index (χ1) is 6.27. The molecule has 0 spiro atoms. The second-order valence-electron chi connectivity index (χ2n) is 2.80. The fourth-order valence-corrected chi connectivity index (χ4v) is 1.37. The highest BCUT2D eigenvalue weighted by molar-refractivity contribution is 5.84. The van der Waals surface area contributed by atoms with Crippen molar-refractivity contribution in [2.75, 3.05) is 0 Å². The number of furan rings is 1. The second-order valence-corrected chi connectivity index (χ2v) is 2.80. The molecular weight excluding hydrogens is 168 g/mol. The van der Waals surface area contributed by atoms with Gasteiger partial charge in [-0.2, -0.15) is 0 Å². The maximum atomic E-state index is 10.4. The van der Waals surface area contributed by atoms with Gasteiger partial charge in [-0.25, -0.2) is 0 Å². The van der Waals surface area contributed by atoms with Crippen molar-refractivity contribution in [3.05, 3.63) is 36.1 Å². The van der Waals surface area contributed by atoms with Crippen molar-refractivity contribution >= 4 is 16.9 Å². The topological polar surface area (TPSA) is 53.3 Å². The van der Waals surface area contributed by atoms with Crippen molar-refractivity contribution < 1.29 is 14.3 Å². The second kappa shape index (κ2) is 2.94. The predicted octanol–water partition coefficient (Wildman–Crippen LogP) is 0.725. The SMILES string of the molecule is O=C([O-])Cc1cccc2occc12. The highest BCUT2D eigenvalue weighted by atomic mass is 16.4. The quantitative estimate of drug-likeness (QED) is 0.675. The smallest absolute Gasteiger partial charge is 0.134 e. The number of aliphatic carboxylic acids is 1. The van der Waals surface area contributed by atoms with Crippen LogP contribution in [0.25, 0.3) is 11.0 Å². The molecule has 13 heavy (non-hydrogen) atoms. The minimum absolute atomic E-state index is 0.0725. The molecule has 0 fully saturated rings. The van der Waals surface area contributed by atoms with Crippen LogP contribution in [0.15, 0.2) is 34.9 Å². The summed E-state index contributed by atoms with van der Waals surface area (Å²) in [6, 6.07) is 7.08. The third-order valence-corrected chi connectivity index (χ3v) is 1.92. The molecule has 0 aliphatic heterocycles. The van der Waals surface area contributed by atoms with Gasteiger partial charge in [0, 0.05) is 17.8 Å². The third kappa shape index (κ3) is 1.40. The molecule has 0 aliphatic rings. The molecule has 66 valence electrons. The Labute approximate surface area is 74.6 Å². The van der Waals surface area contributed by atoms with Crippen LogP contribution in [0, 0.1) is 0 Å². The Hall–Kier alpha value is -1.77. The Balaban J connectivity index is 2.54. The van der Waals surface area contributed by atoms with E-state index in [2.05, 4.69) is 0 Å². The molecular formula is C10H7O3-. The summed E-state index contributed by atoms with van der Waals surface area (Å²) >= 11 is 0. The van der Waals surface area contributed by atoms with Gasteiger partial charge in [0.15, 0.2) is 0 Å². The van der Waals surface area contributed by atoms with Crippen LogP contribution in [-0.2, 0) is 11.2 Å². The Morgan fingerprint density at radius 1 is 1.38 bits per heavy atom. The predicted molar refractivity (Wildman–Crippen MR) is 44.9 cm³/mol. The number of carboxylic acids is 1. The van der Waals surface area contributed by atoms with Crippen molar-refractivity contribution in [1.29, 1.82) is 0 Å². The van der Waals surface area contributed by atoms with E-state index < -0.39 is 5.97 Å². The zero-order chi connectivity index (χ0) is 9.26. The van der Waals surface area contributed by atoms with Gasteiger partial charge in [0.05, 0.1) is 6.26 Å². The number of carbonyl (C=O) groups is 1. The lowest BCUT2D eigenvalue weighted by atomic mass is 10.1. The van der Waals surface area contributed by atoms with Gasteiger partial charge >= 0.3 is 0 Å². The van der Waals surface area contributed by atoms with E-state index in [9.17, 15) is 9.90 Å². The van der Waals surface area contributed by atoms with Crippen LogP contribution < -0.4 is 5.11 Å². The zero-order valence-corrected chi connectivity index (χ0v) is 6.82. The molecule has 3 nitrogen and oxygen atoms in total. The van der Waals surface area contributed by atoms with Gasteiger partial charge < -0.3 is 14.3 Å². The molecule has 2 rings (SSSR count). The molecule has 0 amide bonds. The van der Waals surface area contributed by atoms with Crippen LogP contribution >= 0.6 is 0 Å². The third-order valence-electron chi connectivity index (χ3n) is 1.92. The van der Waals surface area contributed by atoms with Crippen molar-refractivity contribution in [1.82, 2.24) is 0 Å². The van der Waals surface area contributed by atoms with E-state index in [0.29, 0.717) is 5.58 Å². The number of hydrogen-bond donors (Lipinski definition) is 0. The number of fused-ring (bicyclic) bond motifs is 1. The van der Waals surface area contributed by atoms with E-state index in [1.807, 2.05) is 0 Å². The molecule has 3 heteroatoms. The molecule has 1 heterocycles. The normalized spacial score (nSPS) is 10.5. The summed E-state index contributed by atoms with van der Waals surface area (Å²) in [6.45, 7) is 0. The lowest BCUT2D eigenvalue weighted by Crippen LogP contribution is -2.24. The van der Waals surface area contributed by atoms with Crippen LogP contribution in [0.2, 0.25) is 0 Å². The van der Waals surface area contributed by atoms with Crippen LogP contribution in [-0.4, -0.2) is 5.97 Å². The summed E-state index contributed by atoms with van der Waals surface area (Å²) in [7, 11) is 0.